The van der Waals surface area contributed by atoms with E-state index in [0.29, 0.717) is 12.2 Å². The lowest BCUT2D eigenvalue weighted by Gasteiger charge is -2.36. The van der Waals surface area contributed by atoms with Crippen molar-refractivity contribution in [2.24, 2.45) is 0 Å². The fraction of sp³-hybridized carbons (Fsp3) is 0.318. The lowest BCUT2D eigenvalue weighted by Crippen LogP contribution is -2.49. The van der Waals surface area contributed by atoms with Crippen LogP contribution in [0.25, 0.3) is 11.1 Å². The van der Waals surface area contributed by atoms with Gasteiger partial charge in [-0.2, -0.15) is 0 Å². The summed E-state index contributed by atoms with van der Waals surface area (Å²) in [7, 11) is 0. The fourth-order valence-electron chi connectivity index (χ4n) is 3.79. The summed E-state index contributed by atoms with van der Waals surface area (Å²) >= 11 is 0. The molecule has 0 radical (unpaired) electrons. The Morgan fingerprint density at radius 1 is 1.15 bits per heavy atom. The number of hydrogen-bond donors (Lipinski definition) is 0. The van der Waals surface area contributed by atoms with E-state index in [4.69, 9.17) is 4.42 Å². The lowest BCUT2D eigenvalue weighted by molar-refractivity contribution is 0.0737. The summed E-state index contributed by atoms with van der Waals surface area (Å²) in [6.45, 7) is 7.94. The number of aromatic nitrogens is 1. The largest absolute Gasteiger partial charge is 0.463 e. The minimum absolute atomic E-state index is 0.0790. The Balaban J connectivity index is 1.52. The van der Waals surface area contributed by atoms with Crippen molar-refractivity contribution in [3.63, 3.8) is 0 Å². The van der Waals surface area contributed by atoms with Gasteiger partial charge in [0.05, 0.1) is 11.8 Å². The smallest absolute Gasteiger partial charge is 0.270 e. The second-order valence-corrected chi connectivity index (χ2v) is 6.95. The number of hydrogen-bond acceptors (Lipinski definition) is 3. The van der Waals surface area contributed by atoms with Crippen LogP contribution in [0.3, 0.4) is 0 Å². The maximum absolute atomic E-state index is 13.2. The van der Waals surface area contributed by atoms with Crippen molar-refractivity contribution in [2.45, 2.75) is 20.4 Å². The fourth-order valence-corrected chi connectivity index (χ4v) is 3.79. The maximum atomic E-state index is 13.2. The van der Waals surface area contributed by atoms with Gasteiger partial charge >= 0.3 is 0 Å². The van der Waals surface area contributed by atoms with Gasteiger partial charge in [0.15, 0.2) is 5.58 Å². The molecule has 2 aromatic heterocycles. The SMILES string of the molecule is C/C=C\Cn1c(C(=O)N2CCN(c3ccccc3C)CC2)cc2occc21. The summed E-state index contributed by atoms with van der Waals surface area (Å²) < 4.78 is 7.56. The number of carbonyl (C=O) groups excluding carboxylic acids is 1. The van der Waals surface area contributed by atoms with E-state index in [0.717, 1.165) is 37.3 Å². The van der Waals surface area contributed by atoms with Crippen LogP contribution in [0.15, 0.2) is 59.2 Å². The van der Waals surface area contributed by atoms with E-state index in [1.165, 1.54) is 11.3 Å². The standard InChI is InChI=1S/C22H25N3O2/c1-3-4-10-25-19-9-15-27-21(19)16-20(25)22(26)24-13-11-23(12-14-24)18-8-6-5-7-17(18)2/h3-9,15-16H,10-14H2,1-2H3/b4-3-. The van der Waals surface area contributed by atoms with Crippen LogP contribution in [0, 0.1) is 6.92 Å². The van der Waals surface area contributed by atoms with Crippen molar-refractivity contribution >= 4 is 22.7 Å². The van der Waals surface area contributed by atoms with Crippen molar-refractivity contribution < 1.29 is 9.21 Å². The second kappa shape index (κ2) is 7.35. The van der Waals surface area contributed by atoms with Crippen LogP contribution in [0.5, 0.6) is 0 Å². The van der Waals surface area contributed by atoms with E-state index in [-0.39, 0.29) is 5.91 Å². The monoisotopic (exact) mass is 363 g/mol. The molecule has 0 N–H and O–H groups in total. The molecule has 5 heteroatoms. The third kappa shape index (κ3) is 3.25. The van der Waals surface area contributed by atoms with Crippen LogP contribution in [0.1, 0.15) is 23.0 Å². The van der Waals surface area contributed by atoms with E-state index >= 15 is 0 Å². The highest BCUT2D eigenvalue weighted by Gasteiger charge is 2.26. The predicted octanol–water partition coefficient (Wildman–Crippen LogP) is 4.08. The van der Waals surface area contributed by atoms with Crippen molar-refractivity contribution in [3.8, 4) is 0 Å². The first-order chi connectivity index (χ1) is 13.2. The molecule has 4 rings (SSSR count). The Morgan fingerprint density at radius 2 is 1.93 bits per heavy atom. The Labute approximate surface area is 159 Å². The van der Waals surface area contributed by atoms with Gasteiger partial charge < -0.3 is 18.8 Å². The van der Waals surface area contributed by atoms with Crippen LogP contribution in [-0.2, 0) is 6.54 Å². The number of nitrogens with zero attached hydrogens (tertiary/aromatic N) is 3. The van der Waals surface area contributed by atoms with Crippen LogP contribution < -0.4 is 4.90 Å². The van der Waals surface area contributed by atoms with Crippen LogP contribution in [0.4, 0.5) is 5.69 Å². The van der Waals surface area contributed by atoms with E-state index < -0.39 is 0 Å². The normalized spacial score (nSPS) is 15.2. The van der Waals surface area contributed by atoms with Gasteiger partial charge in [0.1, 0.15) is 5.69 Å². The number of aryl methyl sites for hydroxylation is 1. The molecule has 1 aliphatic rings. The molecule has 1 fully saturated rings. The zero-order valence-electron chi connectivity index (χ0n) is 15.9. The summed E-state index contributed by atoms with van der Waals surface area (Å²) in [4.78, 5) is 17.5. The van der Waals surface area contributed by atoms with Crippen molar-refractivity contribution in [2.75, 3.05) is 31.1 Å². The maximum Gasteiger partial charge on any atom is 0.270 e. The van der Waals surface area contributed by atoms with Crippen LogP contribution in [0.2, 0.25) is 0 Å². The summed E-state index contributed by atoms with van der Waals surface area (Å²) in [5.74, 6) is 0.0790. The van der Waals surface area contributed by atoms with Gasteiger partial charge in [0.2, 0.25) is 0 Å². The number of piperazine rings is 1. The van der Waals surface area contributed by atoms with Gasteiger partial charge in [-0.1, -0.05) is 30.4 Å². The first-order valence-corrected chi connectivity index (χ1v) is 9.47. The van der Waals surface area contributed by atoms with Crippen molar-refractivity contribution in [1.29, 1.82) is 0 Å². The second-order valence-electron chi connectivity index (χ2n) is 6.95. The molecule has 3 aromatic rings. The zero-order chi connectivity index (χ0) is 18.8. The quantitative estimate of drug-likeness (QED) is 0.656. The summed E-state index contributed by atoms with van der Waals surface area (Å²) in [5.41, 5.74) is 4.97. The number of fused-ring (bicyclic) bond motifs is 1. The number of allylic oxidation sites excluding steroid dienone is 2. The molecule has 0 atom stereocenters. The zero-order valence-corrected chi connectivity index (χ0v) is 15.9. The molecule has 0 aliphatic carbocycles. The summed E-state index contributed by atoms with van der Waals surface area (Å²) in [6.07, 6.45) is 5.73. The molecule has 1 saturated heterocycles. The lowest BCUT2D eigenvalue weighted by atomic mass is 10.1. The van der Waals surface area contributed by atoms with E-state index in [9.17, 15) is 4.79 Å². The summed E-state index contributed by atoms with van der Waals surface area (Å²) in [5, 5.41) is 0. The highest BCUT2D eigenvalue weighted by Crippen LogP contribution is 2.24. The Bertz CT molecular complexity index is 975. The third-order valence-electron chi connectivity index (χ3n) is 5.29. The number of benzene rings is 1. The van der Waals surface area contributed by atoms with Gasteiger partial charge in [-0.25, -0.2) is 0 Å². The Hall–Kier alpha value is -2.95. The van der Waals surface area contributed by atoms with Gasteiger partial charge in [-0.3, -0.25) is 4.79 Å². The molecular formula is C22H25N3O2. The molecular weight excluding hydrogens is 338 g/mol. The van der Waals surface area contributed by atoms with E-state index in [1.807, 2.05) is 34.6 Å². The van der Waals surface area contributed by atoms with Gasteiger partial charge in [-0.05, 0) is 25.5 Å². The number of anilines is 1. The molecule has 0 unspecified atom stereocenters. The Kier molecular flexibility index (Phi) is 4.75. The molecule has 140 valence electrons. The Morgan fingerprint density at radius 3 is 2.67 bits per heavy atom. The first kappa shape index (κ1) is 17.5. The minimum Gasteiger partial charge on any atom is -0.463 e. The van der Waals surface area contributed by atoms with Crippen molar-refractivity contribution in [1.82, 2.24) is 9.47 Å². The van der Waals surface area contributed by atoms with Crippen molar-refractivity contribution in [3.05, 3.63) is 66.1 Å². The highest BCUT2D eigenvalue weighted by atomic mass is 16.3. The van der Waals surface area contributed by atoms with E-state index in [2.05, 4.69) is 42.2 Å². The number of rotatable bonds is 4. The van der Waals surface area contributed by atoms with E-state index in [1.54, 1.807) is 6.26 Å². The average Bonchev–Trinajstić information content (AvgIpc) is 3.28. The number of carbonyl (C=O) groups is 1. The molecule has 1 amide bonds. The summed E-state index contributed by atoms with van der Waals surface area (Å²) in [6, 6.07) is 12.2. The molecule has 1 aromatic carbocycles. The molecule has 3 heterocycles. The first-order valence-electron chi connectivity index (χ1n) is 9.47. The third-order valence-corrected chi connectivity index (χ3v) is 5.29. The van der Waals surface area contributed by atoms with Crippen LogP contribution >= 0.6 is 0 Å². The highest BCUT2D eigenvalue weighted by molar-refractivity contribution is 5.97. The average molecular weight is 363 g/mol. The molecule has 0 saturated carbocycles. The molecule has 1 aliphatic heterocycles. The molecule has 27 heavy (non-hydrogen) atoms. The van der Waals surface area contributed by atoms with Gasteiger partial charge in [0.25, 0.3) is 5.91 Å². The minimum atomic E-state index is 0.0790. The van der Waals surface area contributed by atoms with Gasteiger partial charge in [-0.15, -0.1) is 0 Å². The molecule has 0 spiro atoms. The van der Waals surface area contributed by atoms with Gasteiger partial charge in [0, 0.05) is 50.5 Å². The van der Waals surface area contributed by atoms with Crippen LogP contribution in [-0.4, -0.2) is 41.6 Å². The molecule has 5 nitrogen and oxygen atoms in total. The predicted molar refractivity (Wildman–Crippen MR) is 108 cm³/mol. The number of furan rings is 1. The molecule has 0 bridgehead atoms. The number of para-hydroxylation sites is 1. The topological polar surface area (TPSA) is 41.6 Å². The number of amides is 1.